The predicted molar refractivity (Wildman–Crippen MR) is 129 cm³/mol. The van der Waals surface area contributed by atoms with Gasteiger partial charge in [0.2, 0.25) is 0 Å². The van der Waals surface area contributed by atoms with Crippen LogP contribution in [0.2, 0.25) is 0 Å². The van der Waals surface area contributed by atoms with Crippen LogP contribution in [-0.2, 0) is 18.3 Å². The lowest BCUT2D eigenvalue weighted by atomic mass is 9.88. The third-order valence-corrected chi connectivity index (χ3v) is 6.44. The van der Waals surface area contributed by atoms with E-state index in [2.05, 4.69) is 73.1 Å². The highest BCUT2D eigenvalue weighted by Gasteiger charge is 2.25. The van der Waals surface area contributed by atoms with Crippen LogP contribution >= 0.6 is 0 Å². The van der Waals surface area contributed by atoms with Gasteiger partial charge in [0.25, 0.3) is 0 Å². The van der Waals surface area contributed by atoms with Gasteiger partial charge in [0.05, 0.1) is 17.4 Å². The number of hydrogen-bond acceptors (Lipinski definition) is 3. The minimum Gasteiger partial charge on any atom is -0.384 e. The van der Waals surface area contributed by atoms with Gasteiger partial charge < -0.3 is 10.6 Å². The molecular weight excluding hydrogens is 398 g/mol. The van der Waals surface area contributed by atoms with Gasteiger partial charge in [-0.3, -0.25) is 5.32 Å². The van der Waals surface area contributed by atoms with Crippen LogP contribution in [-0.4, -0.2) is 22.4 Å². The molecule has 0 bridgehead atoms. The molecule has 0 saturated heterocycles. The molecule has 3 N–H and O–H groups in total. The molecule has 1 unspecified atom stereocenters. The molecule has 32 heavy (non-hydrogen) atoms. The van der Waals surface area contributed by atoms with Crippen molar-refractivity contribution in [2.24, 2.45) is 0 Å². The summed E-state index contributed by atoms with van der Waals surface area (Å²) in [6, 6.07) is 16.5. The van der Waals surface area contributed by atoms with Crippen LogP contribution in [0.25, 0.3) is 5.69 Å². The summed E-state index contributed by atoms with van der Waals surface area (Å²) in [6.07, 6.45) is 4.14. The second-order valence-corrected chi connectivity index (χ2v) is 9.84. The van der Waals surface area contributed by atoms with Crippen LogP contribution in [0, 0.1) is 0 Å². The normalized spacial score (nSPS) is 17.3. The molecule has 5 rings (SSSR count). The SMILES string of the molecule is CC(C)(C)c1cc(NC(=O)NC2CCCc3ccccc32)n(-c2ccc3c(c2)NCC3)n1. The van der Waals surface area contributed by atoms with Crippen molar-refractivity contribution < 1.29 is 4.79 Å². The first-order valence-electron chi connectivity index (χ1n) is 11.5. The molecule has 0 fully saturated rings. The Hall–Kier alpha value is -3.28. The number of nitrogens with zero attached hydrogens (tertiary/aromatic N) is 2. The molecule has 166 valence electrons. The minimum atomic E-state index is -0.201. The zero-order chi connectivity index (χ0) is 22.3. The maximum absolute atomic E-state index is 13.0. The molecular formula is C26H31N5O. The summed E-state index contributed by atoms with van der Waals surface area (Å²) < 4.78 is 1.84. The van der Waals surface area contributed by atoms with Crippen molar-refractivity contribution in [3.8, 4) is 5.69 Å². The highest BCUT2D eigenvalue weighted by molar-refractivity contribution is 5.89. The number of nitrogens with one attached hydrogen (secondary N) is 3. The molecule has 1 aliphatic carbocycles. The second-order valence-electron chi connectivity index (χ2n) is 9.84. The molecule has 6 nitrogen and oxygen atoms in total. The number of urea groups is 1. The van der Waals surface area contributed by atoms with E-state index in [1.54, 1.807) is 0 Å². The monoisotopic (exact) mass is 429 g/mol. The van der Waals surface area contributed by atoms with Crippen molar-refractivity contribution in [2.45, 2.75) is 57.9 Å². The zero-order valence-corrected chi connectivity index (χ0v) is 19.0. The van der Waals surface area contributed by atoms with Crippen LogP contribution < -0.4 is 16.0 Å². The molecule has 0 saturated carbocycles. The predicted octanol–water partition coefficient (Wildman–Crippen LogP) is 5.34. The van der Waals surface area contributed by atoms with Gasteiger partial charge in [0.1, 0.15) is 5.82 Å². The van der Waals surface area contributed by atoms with E-state index in [1.807, 2.05) is 16.8 Å². The Kier molecular flexibility index (Phi) is 5.16. The first kappa shape index (κ1) is 20.6. The van der Waals surface area contributed by atoms with Crippen molar-refractivity contribution >= 4 is 17.5 Å². The average molecular weight is 430 g/mol. The summed E-state index contributed by atoms with van der Waals surface area (Å²) in [7, 11) is 0. The quantitative estimate of drug-likeness (QED) is 0.526. The van der Waals surface area contributed by atoms with E-state index in [1.165, 1.54) is 16.7 Å². The fourth-order valence-corrected chi connectivity index (χ4v) is 4.66. The Labute approximate surface area is 189 Å². The molecule has 0 spiro atoms. The van der Waals surface area contributed by atoms with Crippen LogP contribution in [0.1, 0.15) is 62.0 Å². The molecule has 2 amide bonds. The van der Waals surface area contributed by atoms with E-state index in [0.717, 1.165) is 49.3 Å². The highest BCUT2D eigenvalue weighted by atomic mass is 16.2. The molecule has 2 aliphatic rings. The Morgan fingerprint density at radius 2 is 1.94 bits per heavy atom. The van der Waals surface area contributed by atoms with Gasteiger partial charge in [0, 0.05) is 23.7 Å². The number of aromatic nitrogens is 2. The Balaban J connectivity index is 1.42. The van der Waals surface area contributed by atoms with Crippen molar-refractivity contribution in [2.75, 3.05) is 17.2 Å². The van der Waals surface area contributed by atoms with Crippen LogP contribution in [0.15, 0.2) is 48.5 Å². The maximum Gasteiger partial charge on any atom is 0.320 e. The molecule has 6 heteroatoms. The van der Waals surface area contributed by atoms with Crippen LogP contribution in [0.4, 0.5) is 16.3 Å². The number of benzene rings is 2. The van der Waals surface area contributed by atoms with E-state index in [-0.39, 0.29) is 17.5 Å². The zero-order valence-electron chi connectivity index (χ0n) is 19.0. The third-order valence-electron chi connectivity index (χ3n) is 6.44. The van der Waals surface area contributed by atoms with Crippen LogP contribution in [0.3, 0.4) is 0 Å². The van der Waals surface area contributed by atoms with Crippen molar-refractivity contribution in [1.29, 1.82) is 0 Å². The molecule has 3 aromatic rings. The van der Waals surface area contributed by atoms with E-state index in [9.17, 15) is 4.79 Å². The van der Waals surface area contributed by atoms with Crippen LogP contribution in [0.5, 0.6) is 0 Å². The second kappa shape index (κ2) is 8.01. The number of rotatable bonds is 3. The summed E-state index contributed by atoms with van der Waals surface area (Å²) in [6.45, 7) is 7.35. The highest BCUT2D eigenvalue weighted by Crippen LogP contribution is 2.31. The lowest BCUT2D eigenvalue weighted by Crippen LogP contribution is -2.34. The summed E-state index contributed by atoms with van der Waals surface area (Å²) in [5.41, 5.74) is 6.76. The third kappa shape index (κ3) is 3.97. The lowest BCUT2D eigenvalue weighted by molar-refractivity contribution is 0.247. The lowest BCUT2D eigenvalue weighted by Gasteiger charge is -2.26. The number of carbonyl (C=O) groups excluding carboxylic acids is 1. The summed E-state index contributed by atoms with van der Waals surface area (Å²) in [5, 5.41) is 14.6. The van der Waals surface area contributed by atoms with Gasteiger partial charge in [-0.25, -0.2) is 9.48 Å². The number of carbonyl (C=O) groups is 1. The van der Waals surface area contributed by atoms with Crippen molar-refractivity contribution in [1.82, 2.24) is 15.1 Å². The topological polar surface area (TPSA) is 71.0 Å². The van der Waals surface area contributed by atoms with Crippen molar-refractivity contribution in [3.63, 3.8) is 0 Å². The van der Waals surface area contributed by atoms with Gasteiger partial charge in [-0.2, -0.15) is 5.10 Å². The summed E-state index contributed by atoms with van der Waals surface area (Å²) in [5.74, 6) is 0.675. The number of amides is 2. The average Bonchev–Trinajstić information content (AvgIpc) is 3.40. The van der Waals surface area contributed by atoms with E-state index < -0.39 is 0 Å². The Bertz CT molecular complexity index is 1160. The van der Waals surface area contributed by atoms with Gasteiger partial charge >= 0.3 is 6.03 Å². The number of anilines is 2. The van der Waals surface area contributed by atoms with Gasteiger partial charge in [0.15, 0.2) is 0 Å². The van der Waals surface area contributed by atoms with E-state index in [0.29, 0.717) is 5.82 Å². The standard InChI is InChI=1S/C26H31N5O/c1-26(2,3)23-16-24(31(30-23)19-12-11-18-13-14-27-22(18)15-19)29-25(32)28-21-10-6-8-17-7-4-5-9-20(17)21/h4-5,7,9,11-12,15-16,21,27H,6,8,10,13-14H2,1-3H3,(H2,28,29,32). The number of aryl methyl sites for hydroxylation is 1. The smallest absolute Gasteiger partial charge is 0.320 e. The van der Waals surface area contributed by atoms with Gasteiger partial charge in [-0.05, 0) is 54.5 Å². The summed E-state index contributed by atoms with van der Waals surface area (Å²) in [4.78, 5) is 13.0. The Morgan fingerprint density at radius 3 is 2.78 bits per heavy atom. The number of hydrogen-bond donors (Lipinski definition) is 3. The Morgan fingerprint density at radius 1 is 1.09 bits per heavy atom. The summed E-state index contributed by atoms with van der Waals surface area (Å²) >= 11 is 0. The molecule has 1 aliphatic heterocycles. The number of fused-ring (bicyclic) bond motifs is 2. The fraction of sp³-hybridized carbons (Fsp3) is 0.385. The molecule has 2 aromatic carbocycles. The van der Waals surface area contributed by atoms with Crippen molar-refractivity contribution in [3.05, 3.63) is 70.9 Å². The van der Waals surface area contributed by atoms with E-state index >= 15 is 0 Å². The van der Waals surface area contributed by atoms with E-state index in [4.69, 9.17) is 5.10 Å². The molecule has 0 radical (unpaired) electrons. The minimum absolute atomic E-state index is 0.0302. The first-order chi connectivity index (χ1) is 15.4. The maximum atomic E-state index is 13.0. The largest absolute Gasteiger partial charge is 0.384 e. The molecule has 1 atom stereocenters. The van der Waals surface area contributed by atoms with Gasteiger partial charge in [-0.1, -0.05) is 51.1 Å². The van der Waals surface area contributed by atoms with Gasteiger partial charge in [-0.15, -0.1) is 0 Å². The molecule has 2 heterocycles. The fourth-order valence-electron chi connectivity index (χ4n) is 4.66. The first-order valence-corrected chi connectivity index (χ1v) is 11.5. The molecule has 1 aromatic heterocycles.